The number of rotatable bonds is 7. The van der Waals surface area contributed by atoms with Gasteiger partial charge in [0.25, 0.3) is 0 Å². The average Bonchev–Trinajstić information content (AvgIpc) is 3.10. The van der Waals surface area contributed by atoms with Crippen LogP contribution in [0.2, 0.25) is 0 Å². The van der Waals surface area contributed by atoms with Crippen LogP contribution in [0.4, 0.5) is 0 Å². The fourth-order valence-electron chi connectivity index (χ4n) is 3.53. The summed E-state index contributed by atoms with van der Waals surface area (Å²) in [5.74, 6) is 1.06. The first-order valence-electron chi connectivity index (χ1n) is 9.20. The molecule has 0 aliphatic carbocycles. The largest absolute Gasteiger partial charge is 0.369 e. The first-order valence-corrected chi connectivity index (χ1v) is 9.20. The second kappa shape index (κ2) is 8.45. The van der Waals surface area contributed by atoms with Crippen LogP contribution in [-0.2, 0) is 17.7 Å². The van der Waals surface area contributed by atoms with E-state index in [1.54, 1.807) is 0 Å². The maximum absolute atomic E-state index is 6.10. The molecule has 0 spiro atoms. The summed E-state index contributed by atoms with van der Waals surface area (Å²) in [6, 6.07) is 11.5. The lowest BCUT2D eigenvalue weighted by molar-refractivity contribution is -0.0205. The Balaban J connectivity index is 1.59. The zero-order valence-electron chi connectivity index (χ0n) is 14.8. The van der Waals surface area contributed by atoms with Crippen LogP contribution in [0, 0.1) is 0 Å². The van der Waals surface area contributed by atoms with E-state index in [0.29, 0.717) is 12.1 Å². The van der Waals surface area contributed by atoms with Gasteiger partial charge in [-0.2, -0.15) is 0 Å². The topological polar surface area (TPSA) is 39.1 Å². The summed E-state index contributed by atoms with van der Waals surface area (Å²) in [6.07, 6.45) is 8.50. The highest BCUT2D eigenvalue weighted by Crippen LogP contribution is 2.28. The summed E-state index contributed by atoms with van der Waals surface area (Å²) in [5.41, 5.74) is 1.41. The van der Waals surface area contributed by atoms with E-state index in [0.717, 1.165) is 44.7 Å². The number of benzene rings is 1. The zero-order chi connectivity index (χ0) is 16.8. The molecule has 1 aliphatic rings. The summed E-state index contributed by atoms with van der Waals surface area (Å²) in [7, 11) is 0. The van der Waals surface area contributed by atoms with E-state index in [4.69, 9.17) is 4.74 Å². The van der Waals surface area contributed by atoms with E-state index in [9.17, 15) is 0 Å². The van der Waals surface area contributed by atoms with Crippen molar-refractivity contribution in [3.63, 3.8) is 0 Å². The van der Waals surface area contributed by atoms with E-state index >= 15 is 0 Å². The minimum absolute atomic E-state index is 0.0628. The Morgan fingerprint density at radius 3 is 2.96 bits per heavy atom. The Morgan fingerprint density at radius 2 is 2.17 bits per heavy atom. The maximum atomic E-state index is 6.10. The van der Waals surface area contributed by atoms with E-state index < -0.39 is 0 Å². The van der Waals surface area contributed by atoms with Crippen molar-refractivity contribution in [2.75, 3.05) is 6.61 Å². The number of imidazole rings is 1. The predicted molar refractivity (Wildman–Crippen MR) is 97.0 cm³/mol. The first-order chi connectivity index (χ1) is 11.8. The summed E-state index contributed by atoms with van der Waals surface area (Å²) in [4.78, 5) is 4.56. The molecule has 1 unspecified atom stereocenters. The summed E-state index contributed by atoms with van der Waals surface area (Å²) < 4.78 is 8.29. The van der Waals surface area contributed by atoms with Crippen LogP contribution >= 0.6 is 0 Å². The predicted octanol–water partition coefficient (Wildman–Crippen LogP) is 3.73. The third-order valence-corrected chi connectivity index (χ3v) is 4.87. The third-order valence-electron chi connectivity index (χ3n) is 4.87. The Bertz CT molecular complexity index is 610. The van der Waals surface area contributed by atoms with E-state index in [1.807, 2.05) is 12.4 Å². The molecule has 2 heterocycles. The van der Waals surface area contributed by atoms with Crippen LogP contribution in [0.5, 0.6) is 0 Å². The molecule has 1 N–H and O–H groups in total. The van der Waals surface area contributed by atoms with Gasteiger partial charge in [0.05, 0.1) is 0 Å². The molecule has 24 heavy (non-hydrogen) atoms. The fourth-order valence-corrected chi connectivity index (χ4v) is 3.53. The van der Waals surface area contributed by atoms with Gasteiger partial charge in [-0.25, -0.2) is 4.98 Å². The normalized spacial score (nSPS) is 22.4. The summed E-state index contributed by atoms with van der Waals surface area (Å²) in [5, 5.41) is 3.80. The summed E-state index contributed by atoms with van der Waals surface area (Å²) >= 11 is 0. The number of ether oxygens (including phenoxy) is 1. The molecule has 0 bridgehead atoms. The lowest BCUT2D eigenvalue weighted by atomic mass is 9.99. The van der Waals surface area contributed by atoms with Crippen LogP contribution in [-0.4, -0.2) is 28.2 Å². The smallest absolute Gasteiger partial charge is 0.139 e. The van der Waals surface area contributed by atoms with Gasteiger partial charge in [-0.1, -0.05) is 30.3 Å². The van der Waals surface area contributed by atoms with Crippen LogP contribution in [0.25, 0.3) is 0 Å². The summed E-state index contributed by atoms with van der Waals surface area (Å²) in [6.45, 7) is 6.20. The molecule has 1 aromatic carbocycles. The average molecular weight is 327 g/mol. The quantitative estimate of drug-likeness (QED) is 0.842. The molecule has 2 aromatic rings. The van der Waals surface area contributed by atoms with Gasteiger partial charge in [0.15, 0.2) is 0 Å². The Hall–Kier alpha value is -1.65. The van der Waals surface area contributed by atoms with Crippen molar-refractivity contribution in [2.45, 2.75) is 64.3 Å². The van der Waals surface area contributed by atoms with Crippen molar-refractivity contribution in [1.82, 2.24) is 14.9 Å². The second-order valence-corrected chi connectivity index (χ2v) is 6.70. The first kappa shape index (κ1) is 17.2. The Kier molecular flexibility index (Phi) is 6.05. The van der Waals surface area contributed by atoms with Gasteiger partial charge in [-0.15, -0.1) is 0 Å². The minimum atomic E-state index is 0.0628. The van der Waals surface area contributed by atoms with Gasteiger partial charge < -0.3 is 14.6 Å². The van der Waals surface area contributed by atoms with Crippen molar-refractivity contribution >= 4 is 0 Å². The number of hydrogen-bond acceptors (Lipinski definition) is 3. The molecule has 1 fully saturated rings. The van der Waals surface area contributed by atoms with Crippen LogP contribution < -0.4 is 5.32 Å². The number of nitrogens with zero attached hydrogens (tertiary/aromatic N) is 2. The molecule has 4 nitrogen and oxygen atoms in total. The lowest BCUT2D eigenvalue weighted by Gasteiger charge is -2.34. The van der Waals surface area contributed by atoms with Crippen molar-refractivity contribution in [1.29, 1.82) is 0 Å². The molecular weight excluding hydrogens is 298 g/mol. The maximum Gasteiger partial charge on any atom is 0.139 e. The number of aryl methyl sites for hydroxylation is 2. The fraction of sp³-hybridized carbons (Fsp3) is 0.550. The number of nitrogens with one attached hydrogen (secondary N) is 1. The van der Waals surface area contributed by atoms with Gasteiger partial charge in [0.1, 0.15) is 11.9 Å². The Labute approximate surface area is 145 Å². The standard InChI is InChI=1S/C20H29N3O/c1-3-23-14-13-21-20(23)19-18(10-7-15-24-19)22-16(2)11-12-17-8-5-4-6-9-17/h4-6,8-9,13-14,16,18-19,22H,3,7,10-12,15H2,1-2H3/t16?,18-,19-/m0/s1. The molecule has 1 saturated heterocycles. The van der Waals surface area contributed by atoms with Crippen LogP contribution in [0.3, 0.4) is 0 Å². The number of aromatic nitrogens is 2. The molecule has 0 radical (unpaired) electrons. The molecule has 0 amide bonds. The molecule has 0 saturated carbocycles. The van der Waals surface area contributed by atoms with E-state index in [2.05, 4.69) is 59.0 Å². The molecule has 1 aliphatic heterocycles. The SMILES string of the molecule is CCn1ccnc1[C@H]1OCCC[C@@H]1NC(C)CCc1ccccc1. The highest BCUT2D eigenvalue weighted by atomic mass is 16.5. The van der Waals surface area contributed by atoms with Crippen molar-refractivity contribution in [3.05, 3.63) is 54.1 Å². The second-order valence-electron chi connectivity index (χ2n) is 6.70. The van der Waals surface area contributed by atoms with Gasteiger partial charge in [-0.3, -0.25) is 0 Å². The number of hydrogen-bond donors (Lipinski definition) is 1. The van der Waals surface area contributed by atoms with Crippen LogP contribution in [0.15, 0.2) is 42.7 Å². The van der Waals surface area contributed by atoms with Gasteiger partial charge in [-0.05, 0) is 45.1 Å². The highest BCUT2D eigenvalue weighted by molar-refractivity contribution is 5.14. The van der Waals surface area contributed by atoms with Crippen molar-refractivity contribution in [3.8, 4) is 0 Å². The lowest BCUT2D eigenvalue weighted by Crippen LogP contribution is -2.44. The van der Waals surface area contributed by atoms with E-state index in [1.165, 1.54) is 5.56 Å². The van der Waals surface area contributed by atoms with Crippen molar-refractivity contribution in [2.24, 2.45) is 0 Å². The van der Waals surface area contributed by atoms with Gasteiger partial charge in [0, 0.05) is 37.6 Å². The van der Waals surface area contributed by atoms with E-state index in [-0.39, 0.29) is 6.10 Å². The zero-order valence-corrected chi connectivity index (χ0v) is 14.8. The highest BCUT2D eigenvalue weighted by Gasteiger charge is 2.31. The molecule has 1 aromatic heterocycles. The van der Waals surface area contributed by atoms with Crippen molar-refractivity contribution < 1.29 is 4.74 Å². The third kappa shape index (κ3) is 4.25. The molecule has 3 rings (SSSR count). The molecule has 130 valence electrons. The van der Waals surface area contributed by atoms with Gasteiger partial charge >= 0.3 is 0 Å². The molecular formula is C20H29N3O. The van der Waals surface area contributed by atoms with Gasteiger partial charge in [0.2, 0.25) is 0 Å². The minimum Gasteiger partial charge on any atom is -0.369 e. The molecule has 4 heteroatoms. The Morgan fingerprint density at radius 1 is 1.33 bits per heavy atom. The molecule has 3 atom stereocenters. The van der Waals surface area contributed by atoms with Crippen LogP contribution in [0.1, 0.15) is 50.6 Å². The monoisotopic (exact) mass is 327 g/mol.